The zero-order valence-corrected chi connectivity index (χ0v) is 11.8. The van der Waals surface area contributed by atoms with Gasteiger partial charge in [0.1, 0.15) is 0 Å². The average molecular weight is 287 g/mol. The minimum atomic E-state index is -2.37. The number of nitrogens with one attached hydrogen (secondary N) is 1. The molecule has 0 radical (unpaired) electrons. The molecule has 1 aromatic carbocycles. The van der Waals surface area contributed by atoms with Crippen molar-refractivity contribution in [3.05, 3.63) is 24.3 Å². The van der Waals surface area contributed by atoms with Gasteiger partial charge in [-0.05, 0) is 37.1 Å². The molecule has 0 aliphatic heterocycles. The molecule has 0 aromatic heterocycles. The van der Waals surface area contributed by atoms with Crippen molar-refractivity contribution < 1.29 is 13.5 Å². The van der Waals surface area contributed by atoms with Crippen LogP contribution in [0.5, 0.6) is 0 Å². The molecule has 1 aliphatic carbocycles. The summed E-state index contributed by atoms with van der Waals surface area (Å²) >= 11 is 0.572. The molecule has 0 saturated heterocycles. The minimum Gasteiger partial charge on any atom is -0.380 e. The Morgan fingerprint density at radius 3 is 2.53 bits per heavy atom. The van der Waals surface area contributed by atoms with Crippen LogP contribution in [-0.2, 0) is 4.74 Å². The second-order valence-electron chi connectivity index (χ2n) is 4.71. The van der Waals surface area contributed by atoms with Gasteiger partial charge in [-0.2, -0.15) is 8.78 Å². The standard InChI is InChI=1S/C14H19F2NOS/c1-18-13-5-3-2-4-12(13)17-10-6-8-11(9-7-10)19-14(15)16/h6-9,12-14,17H,2-5H2,1H3. The monoisotopic (exact) mass is 287 g/mol. The van der Waals surface area contributed by atoms with E-state index in [1.807, 2.05) is 12.1 Å². The van der Waals surface area contributed by atoms with Gasteiger partial charge in [-0.1, -0.05) is 24.6 Å². The molecule has 0 amide bonds. The molecule has 0 spiro atoms. The van der Waals surface area contributed by atoms with Crippen LogP contribution < -0.4 is 5.32 Å². The van der Waals surface area contributed by atoms with E-state index in [9.17, 15) is 8.78 Å². The first-order valence-electron chi connectivity index (χ1n) is 6.53. The minimum absolute atomic E-state index is 0.240. The smallest absolute Gasteiger partial charge is 0.288 e. The van der Waals surface area contributed by atoms with E-state index < -0.39 is 5.76 Å². The Morgan fingerprint density at radius 2 is 1.89 bits per heavy atom. The molecule has 2 nitrogen and oxygen atoms in total. The van der Waals surface area contributed by atoms with Crippen LogP contribution in [-0.4, -0.2) is 25.0 Å². The van der Waals surface area contributed by atoms with Gasteiger partial charge in [0.05, 0.1) is 12.1 Å². The lowest BCUT2D eigenvalue weighted by Crippen LogP contribution is -2.37. The number of ether oxygens (including phenoxy) is 1. The lowest BCUT2D eigenvalue weighted by atomic mass is 9.92. The number of thioether (sulfide) groups is 1. The Balaban J connectivity index is 1.94. The highest BCUT2D eigenvalue weighted by atomic mass is 32.2. The van der Waals surface area contributed by atoms with Gasteiger partial charge in [0, 0.05) is 17.7 Å². The lowest BCUT2D eigenvalue weighted by Gasteiger charge is -2.31. The first-order chi connectivity index (χ1) is 9.19. The summed E-state index contributed by atoms with van der Waals surface area (Å²) in [7, 11) is 1.74. The Morgan fingerprint density at radius 1 is 1.21 bits per heavy atom. The summed E-state index contributed by atoms with van der Waals surface area (Å²) in [4.78, 5) is 0.590. The number of rotatable bonds is 5. The van der Waals surface area contributed by atoms with Crippen LogP contribution in [0.1, 0.15) is 25.7 Å². The van der Waals surface area contributed by atoms with E-state index in [2.05, 4.69) is 5.32 Å². The number of benzene rings is 1. The van der Waals surface area contributed by atoms with Gasteiger partial charge in [-0.25, -0.2) is 0 Å². The molecule has 2 rings (SSSR count). The zero-order valence-electron chi connectivity index (χ0n) is 10.9. The largest absolute Gasteiger partial charge is 0.380 e. The predicted octanol–water partition coefficient (Wildman–Crippen LogP) is 4.37. The van der Waals surface area contributed by atoms with Gasteiger partial charge < -0.3 is 10.1 Å². The van der Waals surface area contributed by atoms with Gasteiger partial charge in [0.25, 0.3) is 5.76 Å². The number of halogens is 2. The lowest BCUT2D eigenvalue weighted by molar-refractivity contribution is 0.0606. The number of hydrogen-bond acceptors (Lipinski definition) is 3. The fraction of sp³-hybridized carbons (Fsp3) is 0.571. The summed E-state index contributed by atoms with van der Waals surface area (Å²) in [6.07, 6.45) is 4.82. The van der Waals surface area contributed by atoms with Crippen molar-refractivity contribution in [2.75, 3.05) is 12.4 Å². The quantitative estimate of drug-likeness (QED) is 0.812. The maximum atomic E-state index is 12.2. The summed E-state index contributed by atoms with van der Waals surface area (Å²) in [5.41, 5.74) is 0.965. The molecule has 2 unspecified atom stereocenters. The normalized spacial score (nSPS) is 23.6. The Kier molecular flexibility index (Phi) is 5.45. The summed E-state index contributed by atoms with van der Waals surface area (Å²) in [6.45, 7) is 0. The van der Waals surface area contributed by atoms with Gasteiger partial charge >= 0.3 is 0 Å². The molecular weight excluding hydrogens is 268 g/mol. The van der Waals surface area contributed by atoms with Crippen molar-refractivity contribution in [2.45, 2.75) is 48.5 Å². The summed E-state index contributed by atoms with van der Waals surface area (Å²) in [6, 6.07) is 7.47. The fourth-order valence-corrected chi connectivity index (χ4v) is 2.99. The summed E-state index contributed by atoms with van der Waals surface area (Å²) < 4.78 is 29.9. The highest BCUT2D eigenvalue weighted by molar-refractivity contribution is 7.99. The second kappa shape index (κ2) is 7.10. The third-order valence-electron chi connectivity index (χ3n) is 3.44. The molecule has 0 heterocycles. The topological polar surface area (TPSA) is 21.3 Å². The van der Waals surface area contributed by atoms with E-state index in [0.29, 0.717) is 22.7 Å². The van der Waals surface area contributed by atoms with E-state index in [1.54, 1.807) is 19.2 Å². The van der Waals surface area contributed by atoms with Gasteiger partial charge in [0.2, 0.25) is 0 Å². The van der Waals surface area contributed by atoms with Crippen LogP contribution in [0.3, 0.4) is 0 Å². The van der Waals surface area contributed by atoms with Gasteiger partial charge in [-0.15, -0.1) is 0 Å². The van der Waals surface area contributed by atoms with E-state index in [0.717, 1.165) is 18.5 Å². The summed E-state index contributed by atoms with van der Waals surface area (Å²) in [5.74, 6) is -2.37. The molecule has 2 atom stereocenters. The van der Waals surface area contributed by atoms with Crippen molar-refractivity contribution in [3.63, 3.8) is 0 Å². The first kappa shape index (κ1) is 14.6. The average Bonchev–Trinajstić information content (AvgIpc) is 2.41. The summed E-state index contributed by atoms with van der Waals surface area (Å²) in [5, 5.41) is 3.44. The molecule has 1 aromatic rings. The van der Waals surface area contributed by atoms with Crippen LogP contribution in [0.2, 0.25) is 0 Å². The van der Waals surface area contributed by atoms with E-state index in [1.165, 1.54) is 12.8 Å². The van der Waals surface area contributed by atoms with Crippen LogP contribution in [0.4, 0.5) is 14.5 Å². The SMILES string of the molecule is COC1CCCCC1Nc1ccc(SC(F)F)cc1. The number of alkyl halides is 2. The van der Waals surface area contributed by atoms with Crippen molar-refractivity contribution in [3.8, 4) is 0 Å². The van der Waals surface area contributed by atoms with Crippen molar-refractivity contribution >= 4 is 17.4 Å². The third kappa shape index (κ3) is 4.35. The Bertz CT molecular complexity index is 386. The first-order valence-corrected chi connectivity index (χ1v) is 7.41. The van der Waals surface area contributed by atoms with Crippen molar-refractivity contribution in [1.82, 2.24) is 0 Å². The molecule has 1 fully saturated rings. The Labute approximate surface area is 116 Å². The van der Waals surface area contributed by atoms with Crippen LogP contribution in [0.15, 0.2) is 29.2 Å². The molecule has 1 aliphatic rings. The molecule has 5 heteroatoms. The fourth-order valence-electron chi connectivity index (χ4n) is 2.49. The molecule has 19 heavy (non-hydrogen) atoms. The van der Waals surface area contributed by atoms with Crippen molar-refractivity contribution in [2.24, 2.45) is 0 Å². The number of methoxy groups -OCH3 is 1. The van der Waals surface area contributed by atoms with E-state index >= 15 is 0 Å². The molecule has 1 N–H and O–H groups in total. The maximum Gasteiger partial charge on any atom is 0.288 e. The number of anilines is 1. The highest BCUT2D eigenvalue weighted by Gasteiger charge is 2.24. The van der Waals surface area contributed by atoms with Crippen LogP contribution >= 0.6 is 11.8 Å². The van der Waals surface area contributed by atoms with Crippen molar-refractivity contribution in [1.29, 1.82) is 0 Å². The molecule has 106 valence electrons. The second-order valence-corrected chi connectivity index (χ2v) is 5.78. The molecule has 1 saturated carbocycles. The zero-order chi connectivity index (χ0) is 13.7. The van der Waals surface area contributed by atoms with E-state index in [4.69, 9.17) is 4.74 Å². The number of hydrogen-bond donors (Lipinski definition) is 1. The van der Waals surface area contributed by atoms with Gasteiger partial charge in [0.15, 0.2) is 0 Å². The van der Waals surface area contributed by atoms with Crippen LogP contribution in [0.25, 0.3) is 0 Å². The molecule has 0 bridgehead atoms. The maximum absolute atomic E-state index is 12.2. The van der Waals surface area contributed by atoms with Crippen LogP contribution in [0, 0.1) is 0 Å². The van der Waals surface area contributed by atoms with Gasteiger partial charge in [-0.3, -0.25) is 0 Å². The van der Waals surface area contributed by atoms with E-state index in [-0.39, 0.29) is 6.10 Å². The predicted molar refractivity (Wildman–Crippen MR) is 75.0 cm³/mol. The highest BCUT2D eigenvalue weighted by Crippen LogP contribution is 2.28. The Hall–Kier alpha value is -0.810. The molecular formula is C14H19F2NOS. The third-order valence-corrected chi connectivity index (χ3v) is 4.16.